The summed E-state index contributed by atoms with van der Waals surface area (Å²) in [5.74, 6) is 1.18. The van der Waals surface area contributed by atoms with Gasteiger partial charge in [-0.2, -0.15) is 4.98 Å². The van der Waals surface area contributed by atoms with E-state index in [0.717, 1.165) is 27.6 Å². The van der Waals surface area contributed by atoms with Gasteiger partial charge in [0.15, 0.2) is 0 Å². The number of aliphatic hydroxyl groups is 1. The predicted molar refractivity (Wildman–Crippen MR) is 104 cm³/mol. The Morgan fingerprint density at radius 3 is 2.74 bits per heavy atom. The van der Waals surface area contributed by atoms with Crippen LogP contribution >= 0.6 is 0 Å². The van der Waals surface area contributed by atoms with Gasteiger partial charge in [0.05, 0.1) is 13.2 Å². The van der Waals surface area contributed by atoms with E-state index in [1.54, 1.807) is 7.11 Å². The Morgan fingerprint density at radius 1 is 1.04 bits per heavy atom. The molecule has 0 spiro atoms. The third kappa shape index (κ3) is 3.75. The number of rotatable bonds is 6. The highest BCUT2D eigenvalue weighted by Crippen LogP contribution is 2.23. The second-order valence-electron chi connectivity index (χ2n) is 6.16. The van der Waals surface area contributed by atoms with Crippen molar-refractivity contribution in [3.8, 4) is 17.1 Å². The Balaban J connectivity index is 1.44. The van der Waals surface area contributed by atoms with E-state index < -0.39 is 6.10 Å². The highest BCUT2D eigenvalue weighted by molar-refractivity contribution is 5.83. The first-order valence-corrected chi connectivity index (χ1v) is 8.62. The molecule has 4 aromatic rings. The Hall–Kier alpha value is -3.38. The molecule has 0 radical (unpaired) electrons. The molecule has 0 saturated carbocycles. The minimum atomic E-state index is -0.693. The molecule has 2 N–H and O–H groups in total. The summed E-state index contributed by atoms with van der Waals surface area (Å²) in [7, 11) is 1.61. The fraction of sp³-hybridized carbons (Fsp3) is 0.143. The van der Waals surface area contributed by atoms with Crippen molar-refractivity contribution < 1.29 is 14.4 Å². The molecule has 1 atom stereocenters. The summed E-state index contributed by atoms with van der Waals surface area (Å²) in [6.45, 7) is 0.262. The van der Waals surface area contributed by atoms with E-state index in [-0.39, 0.29) is 12.6 Å². The predicted octanol–water partition coefficient (Wildman–Crippen LogP) is 4.04. The van der Waals surface area contributed by atoms with Gasteiger partial charge in [0.1, 0.15) is 5.75 Å². The van der Waals surface area contributed by atoms with Gasteiger partial charge in [-0.05, 0) is 34.5 Å². The molecule has 0 aliphatic heterocycles. The second-order valence-corrected chi connectivity index (χ2v) is 6.16. The van der Waals surface area contributed by atoms with Crippen LogP contribution in [0.5, 0.6) is 5.75 Å². The molecular weight excluding hydrogens is 342 g/mol. The van der Waals surface area contributed by atoms with Crippen LogP contribution in [0.2, 0.25) is 0 Å². The lowest BCUT2D eigenvalue weighted by molar-refractivity contribution is 0.190. The number of fused-ring (bicyclic) bond motifs is 1. The molecule has 1 unspecified atom stereocenters. The number of methoxy groups -OCH3 is 1. The van der Waals surface area contributed by atoms with Crippen LogP contribution in [0.15, 0.2) is 71.3 Å². The SMILES string of the molecule is COc1cccc(-c2noc(NCC(O)c3ccc4ccccc4c3)n2)c1. The van der Waals surface area contributed by atoms with E-state index in [1.807, 2.05) is 66.7 Å². The maximum absolute atomic E-state index is 10.5. The number of nitrogens with zero attached hydrogens (tertiary/aromatic N) is 2. The summed E-state index contributed by atoms with van der Waals surface area (Å²) >= 11 is 0. The zero-order valence-corrected chi connectivity index (χ0v) is 14.8. The van der Waals surface area contributed by atoms with Gasteiger partial charge in [-0.1, -0.05) is 53.7 Å². The number of aliphatic hydroxyl groups excluding tert-OH is 1. The van der Waals surface area contributed by atoms with Gasteiger partial charge >= 0.3 is 6.01 Å². The van der Waals surface area contributed by atoms with Crippen molar-refractivity contribution in [2.45, 2.75) is 6.10 Å². The highest BCUT2D eigenvalue weighted by atomic mass is 16.5. The number of hydrogen-bond donors (Lipinski definition) is 2. The molecule has 0 amide bonds. The van der Waals surface area contributed by atoms with Crippen LogP contribution < -0.4 is 10.1 Å². The van der Waals surface area contributed by atoms with Gasteiger partial charge in [-0.3, -0.25) is 0 Å². The summed E-state index contributed by atoms with van der Waals surface area (Å²) in [5, 5.41) is 19.7. The van der Waals surface area contributed by atoms with Crippen molar-refractivity contribution in [1.82, 2.24) is 10.1 Å². The first-order valence-electron chi connectivity index (χ1n) is 8.62. The fourth-order valence-corrected chi connectivity index (χ4v) is 2.89. The lowest BCUT2D eigenvalue weighted by Crippen LogP contribution is -2.12. The lowest BCUT2D eigenvalue weighted by atomic mass is 10.0. The molecule has 6 nitrogen and oxygen atoms in total. The number of ether oxygens (including phenoxy) is 1. The first kappa shape index (κ1) is 17.1. The van der Waals surface area contributed by atoms with Crippen LogP contribution in [0.3, 0.4) is 0 Å². The number of anilines is 1. The van der Waals surface area contributed by atoms with Crippen LogP contribution in [-0.2, 0) is 0 Å². The normalized spacial score (nSPS) is 12.1. The lowest BCUT2D eigenvalue weighted by Gasteiger charge is -2.11. The third-order valence-corrected chi connectivity index (χ3v) is 4.36. The molecule has 3 aromatic carbocycles. The van der Waals surface area contributed by atoms with Gasteiger partial charge in [0.2, 0.25) is 5.82 Å². The minimum absolute atomic E-state index is 0.257. The van der Waals surface area contributed by atoms with Gasteiger partial charge in [0, 0.05) is 12.1 Å². The molecule has 0 aliphatic rings. The zero-order valence-electron chi connectivity index (χ0n) is 14.8. The van der Waals surface area contributed by atoms with Crippen LogP contribution in [0.4, 0.5) is 6.01 Å². The largest absolute Gasteiger partial charge is 0.497 e. The summed E-state index contributed by atoms with van der Waals surface area (Å²) in [5.41, 5.74) is 1.62. The van der Waals surface area contributed by atoms with Crippen molar-refractivity contribution in [3.05, 3.63) is 72.3 Å². The fourth-order valence-electron chi connectivity index (χ4n) is 2.89. The molecule has 27 heavy (non-hydrogen) atoms. The molecule has 0 bridgehead atoms. The van der Waals surface area contributed by atoms with Crippen LogP contribution in [-0.4, -0.2) is 28.9 Å². The van der Waals surface area contributed by atoms with Gasteiger partial charge in [0.25, 0.3) is 0 Å². The van der Waals surface area contributed by atoms with Crippen molar-refractivity contribution in [2.24, 2.45) is 0 Å². The monoisotopic (exact) mass is 361 g/mol. The summed E-state index contributed by atoms with van der Waals surface area (Å²) in [6.07, 6.45) is -0.693. The van der Waals surface area contributed by atoms with Crippen LogP contribution in [0.25, 0.3) is 22.2 Å². The van der Waals surface area contributed by atoms with E-state index in [2.05, 4.69) is 15.5 Å². The molecule has 4 rings (SSSR count). The van der Waals surface area contributed by atoms with Gasteiger partial charge < -0.3 is 19.7 Å². The first-order chi connectivity index (χ1) is 13.2. The Bertz CT molecular complexity index is 1060. The average Bonchev–Trinajstić information content (AvgIpc) is 3.21. The molecule has 0 fully saturated rings. The molecule has 0 aliphatic carbocycles. The highest BCUT2D eigenvalue weighted by Gasteiger charge is 2.12. The van der Waals surface area contributed by atoms with Crippen LogP contribution in [0, 0.1) is 0 Å². The molecular formula is C21H19N3O3. The Labute approximate surface area is 156 Å². The maximum Gasteiger partial charge on any atom is 0.321 e. The van der Waals surface area contributed by atoms with Crippen molar-refractivity contribution >= 4 is 16.8 Å². The number of hydrogen-bond acceptors (Lipinski definition) is 6. The molecule has 136 valence electrons. The zero-order chi connectivity index (χ0) is 18.6. The number of nitrogens with one attached hydrogen (secondary N) is 1. The standard InChI is InChI=1S/C21H19N3O3/c1-26-18-8-4-7-17(12-18)20-23-21(27-24-20)22-13-19(25)16-10-9-14-5-2-3-6-15(14)11-16/h2-12,19,25H,13H2,1H3,(H,22,23,24). The maximum atomic E-state index is 10.5. The van der Waals surface area contributed by atoms with Crippen LogP contribution in [0.1, 0.15) is 11.7 Å². The molecule has 1 aromatic heterocycles. The van der Waals surface area contributed by atoms with Crippen molar-refractivity contribution in [1.29, 1.82) is 0 Å². The average molecular weight is 361 g/mol. The van der Waals surface area contributed by atoms with E-state index >= 15 is 0 Å². The van der Waals surface area contributed by atoms with E-state index in [4.69, 9.17) is 9.26 Å². The van der Waals surface area contributed by atoms with Gasteiger partial charge in [-0.15, -0.1) is 0 Å². The summed E-state index contributed by atoms with van der Waals surface area (Å²) < 4.78 is 10.4. The second kappa shape index (κ2) is 7.47. The topological polar surface area (TPSA) is 80.4 Å². The Morgan fingerprint density at radius 2 is 1.89 bits per heavy atom. The third-order valence-electron chi connectivity index (χ3n) is 4.36. The number of benzene rings is 3. The van der Waals surface area contributed by atoms with E-state index in [1.165, 1.54) is 0 Å². The Kier molecular flexibility index (Phi) is 4.72. The summed E-state index contributed by atoms with van der Waals surface area (Å²) in [6, 6.07) is 21.6. The summed E-state index contributed by atoms with van der Waals surface area (Å²) in [4.78, 5) is 4.32. The molecule has 0 saturated heterocycles. The van der Waals surface area contributed by atoms with E-state index in [9.17, 15) is 5.11 Å². The number of aromatic nitrogens is 2. The van der Waals surface area contributed by atoms with Crippen molar-refractivity contribution in [3.63, 3.8) is 0 Å². The quantitative estimate of drug-likeness (QED) is 0.539. The molecule has 1 heterocycles. The smallest absolute Gasteiger partial charge is 0.321 e. The minimum Gasteiger partial charge on any atom is -0.497 e. The van der Waals surface area contributed by atoms with Gasteiger partial charge in [-0.25, -0.2) is 0 Å². The molecule has 6 heteroatoms. The van der Waals surface area contributed by atoms with Crippen molar-refractivity contribution in [2.75, 3.05) is 19.0 Å². The van der Waals surface area contributed by atoms with E-state index in [0.29, 0.717) is 5.82 Å².